The van der Waals surface area contributed by atoms with E-state index in [4.69, 9.17) is 9.73 Å². The number of rotatable bonds is 6. The number of hydrogen-bond donors (Lipinski definition) is 0. The number of anilines is 1. The Morgan fingerprint density at radius 1 is 0.867 bits per heavy atom. The molecule has 2 bridgehead atoms. The van der Waals surface area contributed by atoms with Crippen molar-refractivity contribution in [1.82, 2.24) is 0 Å². The lowest BCUT2D eigenvalue weighted by Gasteiger charge is -2.52. The number of hydrogen-bond acceptors (Lipinski definition) is 6. The average Bonchev–Trinajstić information content (AvgIpc) is 3.34. The maximum absolute atomic E-state index is 14.8. The Labute approximate surface area is 258 Å². The number of nitro groups is 1. The number of benzene rings is 5. The standard InChI is InChI=1S/C37H27N3O5/c1-2-45-23-18-19-29(31(20-23)40(43)44)38-21-37-27-15-7-5-13-25(27)32(26-14-6-8-16-28(26)37)33-34(37)36(42)39(35(33)41)30-17-9-11-22-10-3-4-12-24(22)30/h3-21,32-34H,2H2,1H3/t32?,33-,34-,37?/m1/s1. The third-order valence-electron chi connectivity index (χ3n) is 9.55. The normalized spacial score (nSPS) is 22.9. The number of aliphatic imine (C=N–C) groups is 1. The zero-order valence-corrected chi connectivity index (χ0v) is 24.3. The summed E-state index contributed by atoms with van der Waals surface area (Å²) in [4.78, 5) is 47.3. The van der Waals surface area contributed by atoms with Crippen molar-refractivity contribution >= 4 is 45.9 Å². The van der Waals surface area contributed by atoms with Gasteiger partial charge in [0.25, 0.3) is 5.69 Å². The van der Waals surface area contributed by atoms with Crippen molar-refractivity contribution in [3.63, 3.8) is 0 Å². The van der Waals surface area contributed by atoms with Crippen LogP contribution in [0, 0.1) is 22.0 Å². The lowest BCUT2D eigenvalue weighted by atomic mass is 9.47. The van der Waals surface area contributed by atoms with Gasteiger partial charge in [-0.3, -0.25) is 24.7 Å². The number of carbonyl (C=O) groups excluding carboxylic acids is 2. The summed E-state index contributed by atoms with van der Waals surface area (Å²) in [6.07, 6.45) is 1.68. The summed E-state index contributed by atoms with van der Waals surface area (Å²) < 4.78 is 5.51. The minimum absolute atomic E-state index is 0.139. The van der Waals surface area contributed by atoms with Crippen LogP contribution in [0.3, 0.4) is 0 Å². The van der Waals surface area contributed by atoms with Gasteiger partial charge in [-0.15, -0.1) is 0 Å². The molecule has 5 aromatic carbocycles. The van der Waals surface area contributed by atoms with Gasteiger partial charge in [0.15, 0.2) is 0 Å². The van der Waals surface area contributed by atoms with E-state index in [1.165, 1.54) is 11.0 Å². The van der Waals surface area contributed by atoms with E-state index in [9.17, 15) is 19.7 Å². The number of nitro benzene ring substituents is 1. The van der Waals surface area contributed by atoms with Crippen LogP contribution >= 0.6 is 0 Å². The number of amides is 2. The quantitative estimate of drug-likeness (QED) is 0.0905. The van der Waals surface area contributed by atoms with E-state index in [-0.39, 0.29) is 29.1 Å². The highest BCUT2D eigenvalue weighted by atomic mass is 16.6. The van der Waals surface area contributed by atoms with E-state index in [0.717, 1.165) is 33.0 Å². The van der Waals surface area contributed by atoms with E-state index in [1.807, 2.05) is 97.9 Å². The molecule has 0 radical (unpaired) electrons. The first kappa shape index (κ1) is 27.0. The molecule has 45 heavy (non-hydrogen) atoms. The van der Waals surface area contributed by atoms with Gasteiger partial charge in [-0.25, -0.2) is 4.90 Å². The molecular formula is C37H27N3O5. The number of fused-ring (bicyclic) bond motifs is 1. The van der Waals surface area contributed by atoms with Crippen LogP contribution in [0.5, 0.6) is 5.75 Å². The van der Waals surface area contributed by atoms with Gasteiger partial charge in [0, 0.05) is 17.5 Å². The molecule has 8 heteroatoms. The molecule has 0 saturated carbocycles. The molecule has 1 aliphatic heterocycles. The third-order valence-corrected chi connectivity index (χ3v) is 9.55. The summed E-state index contributed by atoms with van der Waals surface area (Å²) in [5.74, 6) is -1.98. The lowest BCUT2D eigenvalue weighted by molar-refractivity contribution is -0.384. The molecule has 5 aromatic rings. The fourth-order valence-corrected chi connectivity index (χ4v) is 7.88. The smallest absolute Gasteiger partial charge is 0.298 e. The topological polar surface area (TPSA) is 102 Å². The van der Waals surface area contributed by atoms with E-state index in [2.05, 4.69) is 0 Å². The average molecular weight is 594 g/mol. The van der Waals surface area contributed by atoms with E-state index in [0.29, 0.717) is 18.0 Å². The molecule has 1 fully saturated rings. The molecule has 4 aliphatic rings. The van der Waals surface area contributed by atoms with E-state index < -0.39 is 22.2 Å². The predicted molar refractivity (Wildman–Crippen MR) is 171 cm³/mol. The van der Waals surface area contributed by atoms with Crippen molar-refractivity contribution in [2.75, 3.05) is 11.5 Å². The maximum atomic E-state index is 14.8. The number of carbonyl (C=O) groups is 2. The van der Waals surface area contributed by atoms with Crippen molar-refractivity contribution in [1.29, 1.82) is 0 Å². The zero-order chi connectivity index (χ0) is 30.9. The van der Waals surface area contributed by atoms with Crippen LogP contribution < -0.4 is 9.64 Å². The molecule has 0 unspecified atom stereocenters. The Bertz CT molecular complexity index is 2050. The predicted octanol–water partition coefficient (Wildman–Crippen LogP) is 7.10. The minimum atomic E-state index is -1.15. The molecule has 1 saturated heterocycles. The van der Waals surface area contributed by atoms with Gasteiger partial charge >= 0.3 is 0 Å². The van der Waals surface area contributed by atoms with Crippen LogP contribution in [-0.2, 0) is 15.0 Å². The fraction of sp³-hybridized carbons (Fsp3) is 0.162. The molecular weight excluding hydrogens is 566 g/mol. The van der Waals surface area contributed by atoms with Crippen LogP contribution in [-0.4, -0.2) is 29.6 Å². The summed E-state index contributed by atoms with van der Waals surface area (Å²) >= 11 is 0. The van der Waals surface area contributed by atoms with Crippen molar-refractivity contribution < 1.29 is 19.2 Å². The molecule has 8 nitrogen and oxygen atoms in total. The lowest BCUT2D eigenvalue weighted by Crippen LogP contribution is -2.54. The molecule has 0 spiro atoms. The number of nitrogens with zero attached hydrogens (tertiary/aromatic N) is 3. The van der Waals surface area contributed by atoms with Gasteiger partial charge in [0.1, 0.15) is 11.4 Å². The highest BCUT2D eigenvalue weighted by Crippen LogP contribution is 2.64. The molecule has 3 aliphatic carbocycles. The first-order valence-electron chi connectivity index (χ1n) is 15.0. The second-order valence-electron chi connectivity index (χ2n) is 11.6. The second-order valence-corrected chi connectivity index (χ2v) is 11.6. The number of ether oxygens (including phenoxy) is 1. The van der Waals surface area contributed by atoms with Gasteiger partial charge in [-0.2, -0.15) is 0 Å². The van der Waals surface area contributed by atoms with Crippen molar-refractivity contribution in [3.8, 4) is 5.75 Å². The first-order chi connectivity index (χ1) is 22.0. The Hall–Kier alpha value is -5.63. The van der Waals surface area contributed by atoms with Crippen LogP contribution in [0.15, 0.2) is 114 Å². The summed E-state index contributed by atoms with van der Waals surface area (Å²) in [7, 11) is 0. The monoisotopic (exact) mass is 593 g/mol. The molecule has 1 heterocycles. The van der Waals surface area contributed by atoms with Gasteiger partial charge < -0.3 is 4.74 Å². The minimum Gasteiger partial charge on any atom is -0.494 e. The Morgan fingerprint density at radius 2 is 1.53 bits per heavy atom. The second kappa shape index (κ2) is 9.95. The van der Waals surface area contributed by atoms with E-state index >= 15 is 0 Å². The largest absolute Gasteiger partial charge is 0.494 e. The fourth-order valence-electron chi connectivity index (χ4n) is 7.88. The SMILES string of the molecule is CCOc1ccc(N=CC23c4ccccc4C(c4ccccc42)[C@H]2C(=O)N(c4cccc5ccccc45)C(=O)[C@@H]23)c([N+](=O)[O-])c1. The maximum Gasteiger partial charge on any atom is 0.298 e. The highest BCUT2D eigenvalue weighted by molar-refractivity contribution is 6.27. The summed E-state index contributed by atoms with van der Waals surface area (Å²) in [5.41, 5.74) is 3.03. The first-order valence-corrected chi connectivity index (χ1v) is 15.0. The van der Waals surface area contributed by atoms with Gasteiger partial charge in [-0.05, 0) is 52.8 Å². The molecule has 9 rings (SSSR count). The van der Waals surface area contributed by atoms with Gasteiger partial charge in [-0.1, -0.05) is 84.9 Å². The Balaban J connectivity index is 1.37. The van der Waals surface area contributed by atoms with Crippen LogP contribution in [0.2, 0.25) is 0 Å². The van der Waals surface area contributed by atoms with Crippen molar-refractivity contribution in [2.45, 2.75) is 18.3 Å². The molecule has 2 amide bonds. The summed E-state index contributed by atoms with van der Waals surface area (Å²) in [6, 6.07) is 33.7. The molecule has 0 N–H and O–H groups in total. The molecule has 0 aromatic heterocycles. The third kappa shape index (κ3) is 3.68. The van der Waals surface area contributed by atoms with Gasteiger partial charge in [0.2, 0.25) is 11.8 Å². The van der Waals surface area contributed by atoms with Crippen LogP contribution in [0.25, 0.3) is 10.8 Å². The van der Waals surface area contributed by atoms with Crippen molar-refractivity contribution in [2.24, 2.45) is 16.8 Å². The highest BCUT2D eigenvalue weighted by Gasteiger charge is 2.68. The van der Waals surface area contributed by atoms with Gasteiger partial charge in [0.05, 0.1) is 40.5 Å². The van der Waals surface area contributed by atoms with Crippen LogP contribution in [0.4, 0.5) is 17.1 Å². The summed E-state index contributed by atoms with van der Waals surface area (Å²) in [6.45, 7) is 2.17. The Kier molecular flexibility index (Phi) is 5.96. The van der Waals surface area contributed by atoms with Crippen molar-refractivity contribution in [3.05, 3.63) is 142 Å². The van der Waals surface area contributed by atoms with E-state index in [1.54, 1.807) is 18.3 Å². The zero-order valence-electron chi connectivity index (χ0n) is 24.3. The molecule has 220 valence electrons. The summed E-state index contributed by atoms with van der Waals surface area (Å²) in [5, 5.41) is 13.9. The van der Waals surface area contributed by atoms with Crippen LogP contribution in [0.1, 0.15) is 35.1 Å². The molecule has 2 atom stereocenters. The Morgan fingerprint density at radius 3 is 2.24 bits per heavy atom. The number of imide groups is 1.